The maximum Gasteiger partial charge on any atom is 0.186 e. The zero-order valence-corrected chi connectivity index (χ0v) is 8.46. The second kappa shape index (κ2) is 3.66. The second-order valence-electron chi connectivity index (χ2n) is 3.75. The van der Waals surface area contributed by atoms with E-state index in [1.807, 2.05) is 0 Å². The first-order chi connectivity index (χ1) is 7.49. The standard InChI is InChI=1S/C12H12O4/c13-10-3-1-2-9(11(10)14)8-4-6-12(15,16)7-5-8/h1-6,13-16H,7H2. The summed E-state index contributed by atoms with van der Waals surface area (Å²) in [6, 6.07) is 4.64. The summed E-state index contributed by atoms with van der Waals surface area (Å²) in [6.07, 6.45) is 4.38. The van der Waals surface area contributed by atoms with Gasteiger partial charge in [0.05, 0.1) is 0 Å². The first kappa shape index (κ1) is 10.7. The van der Waals surface area contributed by atoms with Crippen molar-refractivity contribution in [1.82, 2.24) is 0 Å². The number of phenolic OH excluding ortho intramolecular Hbond substituents is 2. The Morgan fingerprint density at radius 2 is 1.88 bits per heavy atom. The molecule has 4 heteroatoms. The van der Waals surface area contributed by atoms with Crippen LogP contribution in [0.15, 0.2) is 36.4 Å². The molecule has 0 unspecified atom stereocenters. The molecule has 1 aromatic rings. The van der Waals surface area contributed by atoms with Gasteiger partial charge in [0.2, 0.25) is 0 Å². The molecular weight excluding hydrogens is 208 g/mol. The van der Waals surface area contributed by atoms with Gasteiger partial charge in [0, 0.05) is 12.0 Å². The van der Waals surface area contributed by atoms with Crippen LogP contribution in [0, 0.1) is 0 Å². The van der Waals surface area contributed by atoms with Crippen LogP contribution in [0.3, 0.4) is 0 Å². The maximum absolute atomic E-state index is 9.63. The molecule has 0 saturated carbocycles. The third-order valence-electron chi connectivity index (χ3n) is 2.48. The minimum atomic E-state index is -1.82. The van der Waals surface area contributed by atoms with E-state index < -0.39 is 5.79 Å². The zero-order chi connectivity index (χ0) is 11.8. The van der Waals surface area contributed by atoms with Gasteiger partial charge >= 0.3 is 0 Å². The van der Waals surface area contributed by atoms with Crippen LogP contribution in [-0.2, 0) is 0 Å². The van der Waals surface area contributed by atoms with Gasteiger partial charge < -0.3 is 20.4 Å². The Morgan fingerprint density at radius 1 is 1.12 bits per heavy atom. The summed E-state index contributed by atoms with van der Waals surface area (Å²) in [7, 11) is 0. The van der Waals surface area contributed by atoms with Crippen LogP contribution in [0.4, 0.5) is 0 Å². The molecule has 0 bridgehead atoms. The number of rotatable bonds is 1. The van der Waals surface area contributed by atoms with Gasteiger partial charge in [0.1, 0.15) is 0 Å². The van der Waals surface area contributed by atoms with Gasteiger partial charge in [-0.05, 0) is 17.7 Å². The molecule has 1 aromatic carbocycles. The van der Waals surface area contributed by atoms with Gasteiger partial charge in [-0.25, -0.2) is 0 Å². The maximum atomic E-state index is 9.63. The summed E-state index contributed by atoms with van der Waals surface area (Å²) in [5.74, 6) is -2.23. The van der Waals surface area contributed by atoms with E-state index in [2.05, 4.69) is 0 Å². The molecule has 0 amide bonds. The van der Waals surface area contributed by atoms with Crippen LogP contribution in [0.1, 0.15) is 12.0 Å². The van der Waals surface area contributed by atoms with Gasteiger partial charge in [-0.2, -0.15) is 0 Å². The normalized spacial score (nSPS) is 18.2. The van der Waals surface area contributed by atoms with Crippen molar-refractivity contribution in [2.75, 3.05) is 0 Å². The van der Waals surface area contributed by atoms with Gasteiger partial charge in [0.15, 0.2) is 17.3 Å². The Balaban J connectivity index is 2.38. The van der Waals surface area contributed by atoms with Crippen molar-refractivity contribution in [2.24, 2.45) is 0 Å². The lowest BCUT2D eigenvalue weighted by atomic mass is 9.96. The van der Waals surface area contributed by atoms with Crippen LogP contribution in [0.5, 0.6) is 11.5 Å². The number of aliphatic hydroxyl groups is 2. The van der Waals surface area contributed by atoms with E-state index in [9.17, 15) is 20.4 Å². The molecule has 16 heavy (non-hydrogen) atoms. The molecular formula is C12H12O4. The molecule has 0 spiro atoms. The van der Waals surface area contributed by atoms with Crippen molar-refractivity contribution < 1.29 is 20.4 Å². The van der Waals surface area contributed by atoms with E-state index in [-0.39, 0.29) is 17.9 Å². The van der Waals surface area contributed by atoms with E-state index in [0.717, 1.165) is 0 Å². The van der Waals surface area contributed by atoms with E-state index in [1.165, 1.54) is 18.2 Å². The molecule has 1 aliphatic rings. The molecule has 0 atom stereocenters. The fourth-order valence-electron chi connectivity index (χ4n) is 1.58. The van der Waals surface area contributed by atoms with E-state index in [1.54, 1.807) is 18.2 Å². The third-order valence-corrected chi connectivity index (χ3v) is 2.48. The highest BCUT2D eigenvalue weighted by atomic mass is 16.5. The van der Waals surface area contributed by atoms with Crippen LogP contribution in [0.25, 0.3) is 5.57 Å². The first-order valence-electron chi connectivity index (χ1n) is 4.85. The SMILES string of the molecule is Oc1cccc(C2=CCC(O)(O)C=C2)c1O. The third kappa shape index (κ3) is 1.93. The Bertz CT molecular complexity index is 472. The Morgan fingerprint density at radius 3 is 2.50 bits per heavy atom. The molecule has 0 heterocycles. The smallest absolute Gasteiger partial charge is 0.186 e. The summed E-state index contributed by atoms with van der Waals surface area (Å²) in [5, 5.41) is 37.5. The fraction of sp³-hybridized carbons (Fsp3) is 0.167. The van der Waals surface area contributed by atoms with Gasteiger partial charge in [0.25, 0.3) is 0 Å². The summed E-state index contributed by atoms with van der Waals surface area (Å²) >= 11 is 0. The van der Waals surface area contributed by atoms with Gasteiger partial charge in [-0.1, -0.05) is 24.3 Å². The monoisotopic (exact) mass is 220 g/mol. The van der Waals surface area contributed by atoms with Crippen molar-refractivity contribution >= 4 is 5.57 Å². The number of benzene rings is 1. The van der Waals surface area contributed by atoms with E-state index >= 15 is 0 Å². The largest absolute Gasteiger partial charge is 0.504 e. The molecule has 0 aliphatic heterocycles. The van der Waals surface area contributed by atoms with Crippen LogP contribution < -0.4 is 0 Å². The molecule has 2 rings (SSSR count). The summed E-state index contributed by atoms with van der Waals surface area (Å²) < 4.78 is 0. The van der Waals surface area contributed by atoms with E-state index in [4.69, 9.17) is 0 Å². The van der Waals surface area contributed by atoms with Gasteiger partial charge in [-0.15, -0.1) is 0 Å². The average molecular weight is 220 g/mol. The minimum Gasteiger partial charge on any atom is -0.504 e. The summed E-state index contributed by atoms with van der Waals surface area (Å²) in [4.78, 5) is 0. The Kier molecular flexibility index (Phi) is 2.46. The quantitative estimate of drug-likeness (QED) is 0.422. The lowest BCUT2D eigenvalue weighted by Crippen LogP contribution is -2.25. The van der Waals surface area contributed by atoms with Crippen molar-refractivity contribution in [3.63, 3.8) is 0 Å². The minimum absolute atomic E-state index is 0.0495. The predicted octanol–water partition coefficient (Wildman–Crippen LogP) is 1.12. The molecule has 0 saturated heterocycles. The van der Waals surface area contributed by atoms with E-state index in [0.29, 0.717) is 11.1 Å². The van der Waals surface area contributed by atoms with Crippen molar-refractivity contribution in [3.8, 4) is 11.5 Å². The number of hydrogen-bond donors (Lipinski definition) is 4. The number of para-hydroxylation sites is 1. The highest BCUT2D eigenvalue weighted by molar-refractivity contribution is 5.80. The fourth-order valence-corrected chi connectivity index (χ4v) is 1.58. The number of phenols is 2. The number of hydrogen-bond acceptors (Lipinski definition) is 4. The summed E-state index contributed by atoms with van der Waals surface area (Å²) in [5.41, 5.74) is 1.11. The molecule has 0 aromatic heterocycles. The lowest BCUT2D eigenvalue weighted by Gasteiger charge is -2.20. The molecule has 4 nitrogen and oxygen atoms in total. The molecule has 4 N–H and O–H groups in total. The summed E-state index contributed by atoms with van der Waals surface area (Å²) in [6.45, 7) is 0. The highest BCUT2D eigenvalue weighted by Crippen LogP contribution is 2.35. The lowest BCUT2D eigenvalue weighted by molar-refractivity contribution is -0.114. The van der Waals surface area contributed by atoms with Crippen LogP contribution >= 0.6 is 0 Å². The number of aromatic hydroxyl groups is 2. The highest BCUT2D eigenvalue weighted by Gasteiger charge is 2.22. The Labute approximate surface area is 92.4 Å². The Hall–Kier alpha value is -1.78. The predicted molar refractivity (Wildman–Crippen MR) is 58.7 cm³/mol. The molecule has 1 aliphatic carbocycles. The molecule has 84 valence electrons. The van der Waals surface area contributed by atoms with Crippen molar-refractivity contribution in [3.05, 3.63) is 42.0 Å². The molecule has 0 radical (unpaired) electrons. The number of allylic oxidation sites excluding steroid dienone is 2. The van der Waals surface area contributed by atoms with Crippen molar-refractivity contribution in [2.45, 2.75) is 12.2 Å². The van der Waals surface area contributed by atoms with Crippen LogP contribution in [0.2, 0.25) is 0 Å². The van der Waals surface area contributed by atoms with Gasteiger partial charge in [-0.3, -0.25) is 0 Å². The molecule has 0 fully saturated rings. The second-order valence-corrected chi connectivity index (χ2v) is 3.75. The zero-order valence-electron chi connectivity index (χ0n) is 8.46. The topological polar surface area (TPSA) is 80.9 Å². The van der Waals surface area contributed by atoms with Crippen molar-refractivity contribution in [1.29, 1.82) is 0 Å². The first-order valence-corrected chi connectivity index (χ1v) is 4.85. The average Bonchev–Trinajstić information content (AvgIpc) is 2.23. The van der Waals surface area contributed by atoms with Crippen LogP contribution in [-0.4, -0.2) is 26.2 Å².